The van der Waals surface area contributed by atoms with E-state index in [0.717, 1.165) is 18.9 Å². The van der Waals surface area contributed by atoms with Crippen molar-refractivity contribution in [1.82, 2.24) is 0 Å². The van der Waals surface area contributed by atoms with E-state index >= 15 is 0 Å². The van der Waals surface area contributed by atoms with E-state index in [1.807, 2.05) is 0 Å². The Morgan fingerprint density at radius 1 is 0.778 bits per heavy atom. The minimum atomic E-state index is -1.48. The summed E-state index contributed by atoms with van der Waals surface area (Å²) in [5.74, 6) is 0.796. The number of hydrogen-bond donors (Lipinski definition) is 0. The Kier molecular flexibility index (Phi) is 12.8. The molecule has 0 saturated heterocycles. The number of unbranched alkanes of at least 4 members (excludes halogenated alkanes) is 3. The van der Waals surface area contributed by atoms with Crippen molar-refractivity contribution in [3.63, 3.8) is 0 Å². The molecule has 0 fully saturated rings. The third-order valence-electron chi connectivity index (χ3n) is 3.64. The highest BCUT2D eigenvalue weighted by molar-refractivity contribution is 6.73. The van der Waals surface area contributed by atoms with E-state index in [-0.39, 0.29) is 0 Å². The average molecular weight is 293 g/mol. The molecule has 1 nitrogen and oxygen atoms in total. The van der Waals surface area contributed by atoms with E-state index in [2.05, 4.69) is 20.8 Å². The fourth-order valence-corrected chi connectivity index (χ4v) is 7.35. The van der Waals surface area contributed by atoms with Crippen molar-refractivity contribution in [3.05, 3.63) is 0 Å². The van der Waals surface area contributed by atoms with Crippen LogP contribution in [0.3, 0.4) is 0 Å². The predicted molar refractivity (Wildman–Crippen MR) is 86.2 cm³/mol. The smallest absolute Gasteiger partial charge is 0.192 e. The maximum absolute atomic E-state index is 6.46. The largest absolute Gasteiger partial charge is 0.417 e. The van der Waals surface area contributed by atoms with Crippen LogP contribution in [0.2, 0.25) is 18.1 Å². The molecule has 0 aromatic rings. The summed E-state index contributed by atoms with van der Waals surface area (Å²) >= 11 is 5.90. The molecule has 0 aliphatic heterocycles. The second kappa shape index (κ2) is 12.5. The minimum Gasteiger partial charge on any atom is -0.417 e. The summed E-state index contributed by atoms with van der Waals surface area (Å²) in [4.78, 5) is 0. The van der Waals surface area contributed by atoms with E-state index < -0.39 is 8.32 Å². The standard InChI is InChI=1S/C15H33ClOSi/c1-4-7-12-17-18(13-8-5-2,14-9-6-3)15-10-11-16/h4-15H2,1-3H3. The third-order valence-corrected chi connectivity index (χ3v) is 8.52. The Balaban J connectivity index is 4.41. The topological polar surface area (TPSA) is 9.23 Å². The molecule has 0 aliphatic rings. The summed E-state index contributed by atoms with van der Waals surface area (Å²) in [6.07, 6.45) is 8.86. The van der Waals surface area contributed by atoms with Crippen LogP contribution in [0.5, 0.6) is 0 Å². The highest BCUT2D eigenvalue weighted by Crippen LogP contribution is 2.29. The number of hydrogen-bond acceptors (Lipinski definition) is 1. The zero-order valence-corrected chi connectivity index (χ0v) is 14.5. The van der Waals surface area contributed by atoms with Crippen molar-refractivity contribution < 1.29 is 4.43 Å². The van der Waals surface area contributed by atoms with Crippen LogP contribution in [-0.2, 0) is 4.43 Å². The molecule has 0 spiro atoms. The molecule has 0 saturated carbocycles. The number of alkyl halides is 1. The minimum absolute atomic E-state index is 0.796. The van der Waals surface area contributed by atoms with Crippen LogP contribution in [0, 0.1) is 0 Å². The molecule has 0 rings (SSSR count). The van der Waals surface area contributed by atoms with Gasteiger partial charge in [-0.25, -0.2) is 0 Å². The highest BCUT2D eigenvalue weighted by Gasteiger charge is 2.32. The molecule has 110 valence electrons. The Hall–Kier alpha value is 0.467. The zero-order valence-electron chi connectivity index (χ0n) is 12.8. The monoisotopic (exact) mass is 292 g/mol. The van der Waals surface area contributed by atoms with Gasteiger partial charge in [0.25, 0.3) is 0 Å². The van der Waals surface area contributed by atoms with Crippen molar-refractivity contribution in [2.45, 2.75) is 83.8 Å². The molecule has 0 radical (unpaired) electrons. The number of halogens is 1. The van der Waals surface area contributed by atoms with Gasteiger partial charge in [-0.3, -0.25) is 0 Å². The van der Waals surface area contributed by atoms with Gasteiger partial charge in [0.1, 0.15) is 0 Å². The Morgan fingerprint density at radius 2 is 1.28 bits per heavy atom. The Bertz CT molecular complexity index is 154. The van der Waals surface area contributed by atoms with Gasteiger partial charge in [-0.05, 0) is 31.0 Å². The normalized spacial score (nSPS) is 12.0. The quantitative estimate of drug-likeness (QED) is 0.230. The molecule has 0 N–H and O–H groups in total. The second-order valence-electron chi connectivity index (χ2n) is 5.38. The zero-order chi connectivity index (χ0) is 13.7. The van der Waals surface area contributed by atoms with E-state index in [9.17, 15) is 0 Å². The second-order valence-corrected chi connectivity index (χ2v) is 9.92. The van der Waals surface area contributed by atoms with Gasteiger partial charge >= 0.3 is 0 Å². The van der Waals surface area contributed by atoms with Crippen LogP contribution in [0.4, 0.5) is 0 Å². The summed E-state index contributed by atoms with van der Waals surface area (Å²) in [5.41, 5.74) is 0. The lowest BCUT2D eigenvalue weighted by Crippen LogP contribution is -2.38. The molecule has 0 unspecified atom stereocenters. The van der Waals surface area contributed by atoms with Crippen molar-refractivity contribution in [3.8, 4) is 0 Å². The van der Waals surface area contributed by atoms with Gasteiger partial charge in [-0.15, -0.1) is 11.6 Å². The molecular weight excluding hydrogens is 260 g/mol. The molecule has 0 aliphatic carbocycles. The van der Waals surface area contributed by atoms with Crippen LogP contribution < -0.4 is 0 Å². The summed E-state index contributed by atoms with van der Waals surface area (Å²) in [6.45, 7) is 7.79. The van der Waals surface area contributed by atoms with Gasteiger partial charge in [0.05, 0.1) is 0 Å². The third kappa shape index (κ3) is 8.55. The van der Waals surface area contributed by atoms with Gasteiger partial charge in [0, 0.05) is 12.5 Å². The molecule has 0 bridgehead atoms. The first-order chi connectivity index (χ1) is 8.74. The van der Waals surface area contributed by atoms with E-state index in [1.54, 1.807) is 0 Å². The van der Waals surface area contributed by atoms with Crippen LogP contribution in [0.25, 0.3) is 0 Å². The Labute approximate surface area is 121 Å². The molecule has 18 heavy (non-hydrogen) atoms. The van der Waals surface area contributed by atoms with Gasteiger partial charge in [0.2, 0.25) is 0 Å². The van der Waals surface area contributed by atoms with Gasteiger partial charge < -0.3 is 4.43 Å². The fourth-order valence-electron chi connectivity index (χ4n) is 2.41. The first-order valence-electron chi connectivity index (χ1n) is 7.94. The highest BCUT2D eigenvalue weighted by atomic mass is 35.5. The van der Waals surface area contributed by atoms with Crippen LogP contribution in [0.1, 0.15) is 65.7 Å². The van der Waals surface area contributed by atoms with Crippen molar-refractivity contribution in [2.75, 3.05) is 12.5 Å². The maximum Gasteiger partial charge on any atom is 0.192 e. The van der Waals surface area contributed by atoms with Gasteiger partial charge in [0.15, 0.2) is 8.32 Å². The molecule has 0 amide bonds. The Morgan fingerprint density at radius 3 is 1.72 bits per heavy atom. The van der Waals surface area contributed by atoms with Crippen molar-refractivity contribution in [2.24, 2.45) is 0 Å². The average Bonchev–Trinajstić information content (AvgIpc) is 2.40. The summed E-state index contributed by atoms with van der Waals surface area (Å²) < 4.78 is 6.46. The molecule has 0 atom stereocenters. The van der Waals surface area contributed by atoms with E-state index in [1.165, 1.54) is 56.7 Å². The lowest BCUT2D eigenvalue weighted by molar-refractivity contribution is 0.287. The first kappa shape index (κ1) is 18.5. The predicted octanol–water partition coefficient (Wildman–Crippen LogP) is 5.98. The van der Waals surface area contributed by atoms with E-state index in [0.29, 0.717) is 0 Å². The van der Waals surface area contributed by atoms with Gasteiger partial charge in [-0.1, -0.05) is 52.9 Å². The van der Waals surface area contributed by atoms with Crippen molar-refractivity contribution in [1.29, 1.82) is 0 Å². The van der Waals surface area contributed by atoms with Gasteiger partial charge in [-0.2, -0.15) is 0 Å². The maximum atomic E-state index is 6.46. The lowest BCUT2D eigenvalue weighted by Gasteiger charge is -2.32. The lowest BCUT2D eigenvalue weighted by atomic mass is 10.4. The molecular formula is C15H33ClOSi. The summed E-state index contributed by atoms with van der Waals surface area (Å²) in [6, 6.07) is 3.98. The van der Waals surface area contributed by atoms with E-state index in [4.69, 9.17) is 16.0 Å². The fraction of sp³-hybridized carbons (Fsp3) is 1.00. The first-order valence-corrected chi connectivity index (χ1v) is 11.0. The van der Waals surface area contributed by atoms with Crippen LogP contribution in [0.15, 0.2) is 0 Å². The molecule has 0 aromatic heterocycles. The van der Waals surface area contributed by atoms with Crippen LogP contribution >= 0.6 is 11.6 Å². The summed E-state index contributed by atoms with van der Waals surface area (Å²) in [5, 5.41) is 0. The van der Waals surface area contributed by atoms with Crippen molar-refractivity contribution >= 4 is 19.9 Å². The summed E-state index contributed by atoms with van der Waals surface area (Å²) in [7, 11) is -1.48. The SMILES string of the molecule is CCCCO[Si](CCCC)(CCCC)CCCCl. The molecule has 3 heteroatoms. The van der Waals surface area contributed by atoms with Crippen LogP contribution in [-0.4, -0.2) is 20.8 Å². The number of rotatable bonds is 13. The molecule has 0 aromatic carbocycles. The molecule has 0 heterocycles.